The zero-order valence-electron chi connectivity index (χ0n) is 21.4. The Balaban J connectivity index is 1.91. The molecule has 35 heavy (non-hydrogen) atoms. The molecule has 0 amide bonds. The molecule has 0 spiro atoms. The van der Waals surface area contributed by atoms with Crippen molar-refractivity contribution in [1.82, 2.24) is 0 Å². The van der Waals surface area contributed by atoms with Crippen LogP contribution < -0.4 is 14.2 Å². The van der Waals surface area contributed by atoms with E-state index in [2.05, 4.69) is 13.8 Å². The molecule has 6 heteroatoms. The molecular weight excluding hydrogens is 444 g/mol. The zero-order chi connectivity index (χ0) is 25.2. The van der Waals surface area contributed by atoms with Gasteiger partial charge in [0.15, 0.2) is 11.5 Å². The van der Waals surface area contributed by atoms with E-state index < -0.39 is 0 Å². The highest BCUT2D eigenvalue weighted by atomic mass is 16.6. The second-order valence-electron chi connectivity index (χ2n) is 9.78. The molecular formula is C29H38O6. The Labute approximate surface area is 208 Å². The van der Waals surface area contributed by atoms with Crippen LogP contribution in [0.3, 0.4) is 0 Å². The standard InChI is InChI=1S/C29H38O6/c1-20(2)11-12-22-13-14-25(17-26(22)32-4)34-28-24(18-33-19-30)15-21(3)16-27(28)35-29(31)23-9-7-5-6-8-10-23/h13-17,19-20,23H,5-12,18H2,1-4H3. The number of rotatable bonds is 11. The number of hydrogen-bond donors (Lipinski definition) is 0. The van der Waals surface area contributed by atoms with Crippen molar-refractivity contribution in [3.05, 3.63) is 47.0 Å². The van der Waals surface area contributed by atoms with Crippen molar-refractivity contribution in [3.63, 3.8) is 0 Å². The largest absolute Gasteiger partial charge is 0.496 e. The van der Waals surface area contributed by atoms with Crippen molar-refractivity contribution < 1.29 is 28.5 Å². The van der Waals surface area contributed by atoms with Crippen LogP contribution in [0, 0.1) is 18.8 Å². The van der Waals surface area contributed by atoms with Gasteiger partial charge in [-0.25, -0.2) is 0 Å². The molecule has 1 fully saturated rings. The van der Waals surface area contributed by atoms with Gasteiger partial charge in [0.25, 0.3) is 6.47 Å². The smallest absolute Gasteiger partial charge is 0.314 e. The first-order chi connectivity index (χ1) is 16.9. The van der Waals surface area contributed by atoms with E-state index in [1.54, 1.807) is 13.2 Å². The summed E-state index contributed by atoms with van der Waals surface area (Å²) < 4.78 is 22.9. The van der Waals surface area contributed by atoms with Gasteiger partial charge in [0.05, 0.1) is 13.0 Å². The van der Waals surface area contributed by atoms with E-state index in [4.69, 9.17) is 18.9 Å². The number of hydrogen-bond acceptors (Lipinski definition) is 6. The van der Waals surface area contributed by atoms with E-state index in [1.165, 1.54) is 0 Å². The predicted octanol–water partition coefficient (Wildman–Crippen LogP) is 6.93. The number of carbonyl (C=O) groups is 2. The van der Waals surface area contributed by atoms with Crippen molar-refractivity contribution in [2.75, 3.05) is 7.11 Å². The highest BCUT2D eigenvalue weighted by molar-refractivity contribution is 5.76. The Kier molecular flexibility index (Phi) is 10.0. The van der Waals surface area contributed by atoms with Crippen LogP contribution in [0.25, 0.3) is 0 Å². The van der Waals surface area contributed by atoms with Gasteiger partial charge in [-0.1, -0.05) is 45.6 Å². The predicted molar refractivity (Wildman–Crippen MR) is 135 cm³/mol. The summed E-state index contributed by atoms with van der Waals surface area (Å²) in [6, 6.07) is 9.40. The van der Waals surface area contributed by atoms with Gasteiger partial charge in [-0.05, 0) is 67.9 Å². The van der Waals surface area contributed by atoms with Crippen LogP contribution in [0.5, 0.6) is 23.0 Å². The molecule has 190 valence electrons. The third-order valence-electron chi connectivity index (χ3n) is 6.45. The third kappa shape index (κ3) is 7.74. The fourth-order valence-electron chi connectivity index (χ4n) is 4.50. The van der Waals surface area contributed by atoms with E-state index in [1.807, 2.05) is 31.2 Å². The minimum atomic E-state index is -0.230. The van der Waals surface area contributed by atoms with Crippen LogP contribution >= 0.6 is 0 Å². The molecule has 1 aliphatic rings. The molecule has 1 saturated carbocycles. The Morgan fingerprint density at radius 3 is 2.43 bits per heavy atom. The zero-order valence-corrected chi connectivity index (χ0v) is 21.4. The molecule has 3 rings (SSSR count). The van der Waals surface area contributed by atoms with Gasteiger partial charge >= 0.3 is 5.97 Å². The van der Waals surface area contributed by atoms with Crippen LogP contribution in [0.1, 0.15) is 75.5 Å². The molecule has 2 aromatic rings. The van der Waals surface area contributed by atoms with Crippen LogP contribution in [-0.4, -0.2) is 19.6 Å². The first kappa shape index (κ1) is 26.6. The highest BCUT2D eigenvalue weighted by Gasteiger charge is 2.25. The molecule has 0 bridgehead atoms. The second kappa shape index (κ2) is 13.2. The van der Waals surface area contributed by atoms with Crippen molar-refractivity contribution >= 4 is 12.4 Å². The Morgan fingerprint density at radius 2 is 1.77 bits per heavy atom. The Morgan fingerprint density at radius 1 is 1.03 bits per heavy atom. The van der Waals surface area contributed by atoms with Crippen LogP contribution in [0.4, 0.5) is 0 Å². The molecule has 0 unspecified atom stereocenters. The van der Waals surface area contributed by atoms with Gasteiger partial charge in [-0.15, -0.1) is 0 Å². The van der Waals surface area contributed by atoms with E-state index >= 15 is 0 Å². The Bertz CT molecular complexity index is 989. The first-order valence-electron chi connectivity index (χ1n) is 12.7. The summed E-state index contributed by atoms with van der Waals surface area (Å²) in [6.45, 7) is 6.71. The summed E-state index contributed by atoms with van der Waals surface area (Å²) in [6.07, 6.45) is 8.05. The fraction of sp³-hybridized carbons (Fsp3) is 0.517. The maximum atomic E-state index is 13.0. The first-order valence-corrected chi connectivity index (χ1v) is 12.7. The lowest BCUT2D eigenvalue weighted by Crippen LogP contribution is -2.20. The number of benzene rings is 2. The molecule has 2 aromatic carbocycles. The quantitative estimate of drug-likeness (QED) is 0.150. The number of carbonyl (C=O) groups excluding carboxylic acids is 2. The normalized spacial score (nSPS) is 14.3. The fourth-order valence-corrected chi connectivity index (χ4v) is 4.50. The van der Waals surface area contributed by atoms with Crippen molar-refractivity contribution in [2.45, 2.75) is 78.7 Å². The van der Waals surface area contributed by atoms with Gasteiger partial charge in [0.2, 0.25) is 0 Å². The molecule has 1 aliphatic carbocycles. The van der Waals surface area contributed by atoms with Crippen LogP contribution in [-0.2, 0) is 27.4 Å². The molecule has 0 aliphatic heterocycles. The number of ether oxygens (including phenoxy) is 4. The molecule has 0 atom stereocenters. The third-order valence-corrected chi connectivity index (χ3v) is 6.45. The SMILES string of the molecule is COc1cc(Oc2c(COC=O)cc(C)cc2OC(=O)C2CCCCCC2)ccc1CCC(C)C. The van der Waals surface area contributed by atoms with E-state index in [-0.39, 0.29) is 18.5 Å². The monoisotopic (exact) mass is 482 g/mol. The summed E-state index contributed by atoms with van der Waals surface area (Å²) in [5, 5.41) is 0. The minimum absolute atomic E-state index is 0.0120. The number of esters is 1. The van der Waals surface area contributed by atoms with Crippen molar-refractivity contribution in [3.8, 4) is 23.0 Å². The van der Waals surface area contributed by atoms with Gasteiger partial charge in [0, 0.05) is 11.6 Å². The molecule has 0 saturated heterocycles. The van der Waals surface area contributed by atoms with E-state index in [9.17, 15) is 9.59 Å². The van der Waals surface area contributed by atoms with Gasteiger partial charge in [-0.2, -0.15) is 0 Å². The van der Waals surface area contributed by atoms with Crippen molar-refractivity contribution in [2.24, 2.45) is 11.8 Å². The lowest BCUT2D eigenvalue weighted by atomic mass is 10.0. The highest BCUT2D eigenvalue weighted by Crippen LogP contribution is 2.39. The minimum Gasteiger partial charge on any atom is -0.496 e. The molecule has 6 nitrogen and oxygen atoms in total. The molecule has 0 N–H and O–H groups in total. The van der Waals surface area contributed by atoms with E-state index in [0.717, 1.165) is 68.2 Å². The summed E-state index contributed by atoms with van der Waals surface area (Å²) in [5.41, 5.74) is 2.62. The number of aryl methyl sites for hydroxylation is 2. The lowest BCUT2D eigenvalue weighted by Gasteiger charge is -2.19. The molecule has 0 aromatic heterocycles. The van der Waals surface area contributed by atoms with Crippen LogP contribution in [0.2, 0.25) is 0 Å². The topological polar surface area (TPSA) is 71.1 Å². The maximum absolute atomic E-state index is 13.0. The van der Waals surface area contributed by atoms with Gasteiger partial charge in [0.1, 0.15) is 18.1 Å². The van der Waals surface area contributed by atoms with Gasteiger partial charge in [-0.3, -0.25) is 9.59 Å². The average Bonchev–Trinajstić information content (AvgIpc) is 3.13. The number of methoxy groups -OCH3 is 1. The lowest BCUT2D eigenvalue weighted by molar-refractivity contribution is -0.139. The van der Waals surface area contributed by atoms with Crippen LogP contribution in [0.15, 0.2) is 30.3 Å². The second-order valence-corrected chi connectivity index (χ2v) is 9.78. The Hall–Kier alpha value is -3.02. The molecule has 0 heterocycles. The maximum Gasteiger partial charge on any atom is 0.314 e. The molecule has 0 radical (unpaired) electrons. The van der Waals surface area contributed by atoms with E-state index in [0.29, 0.717) is 35.2 Å². The van der Waals surface area contributed by atoms with Gasteiger partial charge < -0.3 is 18.9 Å². The average molecular weight is 483 g/mol. The summed E-state index contributed by atoms with van der Waals surface area (Å²) in [5.74, 6) is 2.26. The summed E-state index contributed by atoms with van der Waals surface area (Å²) in [7, 11) is 1.65. The summed E-state index contributed by atoms with van der Waals surface area (Å²) in [4.78, 5) is 23.9. The summed E-state index contributed by atoms with van der Waals surface area (Å²) >= 11 is 0. The van der Waals surface area contributed by atoms with Crippen molar-refractivity contribution in [1.29, 1.82) is 0 Å².